The maximum atomic E-state index is 12.3. The minimum absolute atomic E-state index is 0. The average molecular weight is 418 g/mol. The van der Waals surface area contributed by atoms with Gasteiger partial charge in [0.2, 0.25) is 5.91 Å². The van der Waals surface area contributed by atoms with Gasteiger partial charge in [-0.3, -0.25) is 9.78 Å². The minimum Gasteiger partial charge on any atom is -0.508 e. The van der Waals surface area contributed by atoms with E-state index in [-0.39, 0.29) is 30.5 Å². The van der Waals surface area contributed by atoms with Gasteiger partial charge in [-0.1, -0.05) is 24.3 Å². The van der Waals surface area contributed by atoms with Gasteiger partial charge in [0.1, 0.15) is 12.4 Å². The first-order valence-corrected chi connectivity index (χ1v) is 9.94. The summed E-state index contributed by atoms with van der Waals surface area (Å²) in [5, 5.41) is 9.93. The number of aromatic hydroxyl groups is 1. The molecule has 1 spiro atoms. The van der Waals surface area contributed by atoms with Gasteiger partial charge in [0.15, 0.2) is 0 Å². The molecule has 29 heavy (non-hydrogen) atoms. The standard InChI is InChI=1S/C22H27N3O3.ClH/c26-20-7-2-1-5-18(20)8-12-24-13-9-22(10-14-24)17-25(21(27)16-28-22)15-19-6-3-4-11-23-19;/h1-7,11,26H,8-10,12-17H2;1H. The number of pyridine rings is 1. The highest BCUT2D eigenvalue weighted by atomic mass is 35.5. The molecule has 0 bridgehead atoms. The van der Waals surface area contributed by atoms with Crippen molar-refractivity contribution in [2.45, 2.75) is 31.4 Å². The number of carbonyl (C=O) groups is 1. The largest absolute Gasteiger partial charge is 0.508 e. The predicted octanol–water partition coefficient (Wildman–Crippen LogP) is 2.65. The third-order valence-electron chi connectivity index (χ3n) is 5.87. The van der Waals surface area contributed by atoms with Gasteiger partial charge < -0.3 is 19.6 Å². The fourth-order valence-corrected chi connectivity index (χ4v) is 4.11. The van der Waals surface area contributed by atoms with Gasteiger partial charge in [0.25, 0.3) is 0 Å². The second-order valence-electron chi connectivity index (χ2n) is 7.76. The summed E-state index contributed by atoms with van der Waals surface area (Å²) in [6.07, 6.45) is 4.43. The molecule has 2 aromatic rings. The average Bonchev–Trinajstić information content (AvgIpc) is 2.72. The van der Waals surface area contributed by atoms with Crippen LogP contribution in [0.1, 0.15) is 24.1 Å². The van der Waals surface area contributed by atoms with Crippen molar-refractivity contribution in [1.29, 1.82) is 0 Å². The van der Waals surface area contributed by atoms with Crippen LogP contribution in [0.25, 0.3) is 0 Å². The van der Waals surface area contributed by atoms with E-state index < -0.39 is 0 Å². The Morgan fingerprint density at radius 2 is 1.86 bits per heavy atom. The van der Waals surface area contributed by atoms with Crippen molar-refractivity contribution in [2.24, 2.45) is 0 Å². The van der Waals surface area contributed by atoms with Crippen molar-refractivity contribution < 1.29 is 14.6 Å². The molecular weight excluding hydrogens is 390 g/mol. The highest BCUT2D eigenvalue weighted by Gasteiger charge is 2.42. The number of rotatable bonds is 5. The molecule has 2 saturated heterocycles. The van der Waals surface area contributed by atoms with Crippen LogP contribution < -0.4 is 0 Å². The zero-order chi connectivity index (χ0) is 19.4. The number of ether oxygens (including phenoxy) is 1. The number of aromatic nitrogens is 1. The first-order valence-electron chi connectivity index (χ1n) is 9.94. The summed E-state index contributed by atoms with van der Waals surface area (Å²) < 4.78 is 6.04. The Bertz CT molecular complexity index is 810. The first kappa shape index (κ1) is 21.6. The number of halogens is 1. The molecule has 4 rings (SSSR count). The summed E-state index contributed by atoms with van der Waals surface area (Å²) in [7, 11) is 0. The molecule has 2 aliphatic rings. The summed E-state index contributed by atoms with van der Waals surface area (Å²) in [5.74, 6) is 0.411. The molecular formula is C22H28ClN3O3. The summed E-state index contributed by atoms with van der Waals surface area (Å²) in [5.41, 5.74) is 1.66. The van der Waals surface area contributed by atoms with E-state index in [0.717, 1.165) is 50.2 Å². The number of para-hydroxylation sites is 1. The molecule has 0 unspecified atom stereocenters. The molecule has 2 aliphatic heterocycles. The number of piperidine rings is 1. The predicted molar refractivity (Wildman–Crippen MR) is 113 cm³/mol. The molecule has 6 nitrogen and oxygen atoms in total. The maximum Gasteiger partial charge on any atom is 0.249 e. The highest BCUT2D eigenvalue weighted by molar-refractivity contribution is 5.85. The number of phenolic OH excluding ortho intramolecular Hbond substituents is 1. The number of hydrogen-bond acceptors (Lipinski definition) is 5. The normalized spacial score (nSPS) is 19.2. The third-order valence-corrected chi connectivity index (χ3v) is 5.87. The fourth-order valence-electron chi connectivity index (χ4n) is 4.11. The maximum absolute atomic E-state index is 12.3. The van der Waals surface area contributed by atoms with Crippen LogP contribution in [0.2, 0.25) is 0 Å². The molecule has 1 amide bonds. The molecule has 1 N–H and O–H groups in total. The van der Waals surface area contributed by atoms with Crippen LogP contribution in [0.3, 0.4) is 0 Å². The minimum atomic E-state index is -0.242. The quantitative estimate of drug-likeness (QED) is 0.810. The van der Waals surface area contributed by atoms with Crippen molar-refractivity contribution in [3.8, 4) is 5.75 Å². The van der Waals surface area contributed by atoms with Crippen molar-refractivity contribution in [3.05, 3.63) is 59.9 Å². The van der Waals surface area contributed by atoms with Crippen LogP contribution in [0.15, 0.2) is 48.7 Å². The van der Waals surface area contributed by atoms with Gasteiger partial charge in [-0.25, -0.2) is 0 Å². The Hall–Kier alpha value is -2.15. The Morgan fingerprint density at radius 1 is 1.10 bits per heavy atom. The van der Waals surface area contributed by atoms with Crippen molar-refractivity contribution in [3.63, 3.8) is 0 Å². The van der Waals surface area contributed by atoms with Crippen LogP contribution in [-0.2, 0) is 22.5 Å². The second-order valence-corrected chi connectivity index (χ2v) is 7.76. The van der Waals surface area contributed by atoms with Gasteiger partial charge >= 0.3 is 0 Å². The van der Waals surface area contributed by atoms with Crippen molar-refractivity contribution >= 4 is 18.3 Å². The van der Waals surface area contributed by atoms with Gasteiger partial charge in [-0.05, 0) is 43.0 Å². The van der Waals surface area contributed by atoms with E-state index in [1.54, 1.807) is 12.3 Å². The summed E-state index contributed by atoms with van der Waals surface area (Å²) >= 11 is 0. The number of likely N-dealkylation sites (tertiary alicyclic amines) is 1. The van der Waals surface area contributed by atoms with E-state index >= 15 is 0 Å². The molecule has 0 radical (unpaired) electrons. The molecule has 3 heterocycles. The van der Waals surface area contributed by atoms with E-state index in [1.165, 1.54) is 0 Å². The summed E-state index contributed by atoms with van der Waals surface area (Å²) in [4.78, 5) is 21.0. The molecule has 156 valence electrons. The van der Waals surface area contributed by atoms with Gasteiger partial charge in [-0.15, -0.1) is 12.4 Å². The number of benzene rings is 1. The fraction of sp³-hybridized carbons (Fsp3) is 0.455. The first-order chi connectivity index (χ1) is 13.6. The molecule has 7 heteroatoms. The highest BCUT2D eigenvalue weighted by Crippen LogP contribution is 2.31. The molecule has 2 fully saturated rings. The van der Waals surface area contributed by atoms with Crippen LogP contribution in [-0.4, -0.2) is 64.2 Å². The van der Waals surface area contributed by atoms with E-state index in [4.69, 9.17) is 4.74 Å². The van der Waals surface area contributed by atoms with Gasteiger partial charge in [-0.2, -0.15) is 0 Å². The lowest BCUT2D eigenvalue weighted by Gasteiger charge is -2.47. The molecule has 0 aliphatic carbocycles. The molecule has 1 aromatic heterocycles. The zero-order valence-electron chi connectivity index (χ0n) is 16.5. The van der Waals surface area contributed by atoms with E-state index in [9.17, 15) is 9.90 Å². The summed E-state index contributed by atoms with van der Waals surface area (Å²) in [6.45, 7) is 4.14. The monoisotopic (exact) mass is 417 g/mol. The number of hydrogen-bond donors (Lipinski definition) is 1. The smallest absolute Gasteiger partial charge is 0.249 e. The number of morpholine rings is 1. The Labute approximate surface area is 177 Å². The van der Waals surface area contributed by atoms with Gasteiger partial charge in [0.05, 0.1) is 24.4 Å². The second kappa shape index (κ2) is 9.57. The third kappa shape index (κ3) is 5.26. The SMILES string of the molecule is Cl.O=C1COC2(CCN(CCc3ccccc3O)CC2)CN1Cc1ccccn1. The van der Waals surface area contributed by atoms with Crippen LogP contribution in [0.4, 0.5) is 0 Å². The van der Waals surface area contributed by atoms with Crippen molar-refractivity contribution in [2.75, 3.05) is 32.8 Å². The number of phenols is 1. The van der Waals surface area contributed by atoms with Crippen LogP contribution in [0.5, 0.6) is 5.75 Å². The lowest BCUT2D eigenvalue weighted by atomic mass is 9.89. The lowest BCUT2D eigenvalue weighted by molar-refractivity contribution is -0.172. The molecule has 1 aromatic carbocycles. The van der Waals surface area contributed by atoms with E-state index in [1.807, 2.05) is 41.3 Å². The lowest BCUT2D eigenvalue weighted by Crippen LogP contribution is -2.58. The van der Waals surface area contributed by atoms with Crippen LogP contribution >= 0.6 is 12.4 Å². The number of nitrogens with zero attached hydrogens (tertiary/aromatic N) is 3. The number of carbonyl (C=O) groups excluding carboxylic acids is 1. The van der Waals surface area contributed by atoms with Crippen molar-refractivity contribution in [1.82, 2.24) is 14.8 Å². The van der Waals surface area contributed by atoms with E-state index in [0.29, 0.717) is 18.8 Å². The zero-order valence-corrected chi connectivity index (χ0v) is 17.3. The Balaban J connectivity index is 0.00000240. The molecule has 0 saturated carbocycles. The molecule has 0 atom stereocenters. The van der Waals surface area contributed by atoms with Crippen LogP contribution in [0, 0.1) is 0 Å². The summed E-state index contributed by atoms with van der Waals surface area (Å²) in [6, 6.07) is 13.3. The van der Waals surface area contributed by atoms with Gasteiger partial charge in [0, 0.05) is 25.8 Å². The Kier molecular flexibility index (Phi) is 7.11. The number of amides is 1. The van der Waals surface area contributed by atoms with E-state index in [2.05, 4.69) is 9.88 Å². The topological polar surface area (TPSA) is 65.9 Å². The Morgan fingerprint density at radius 3 is 2.59 bits per heavy atom.